The molecule has 26 heavy (non-hydrogen) atoms. The van der Waals surface area contributed by atoms with Gasteiger partial charge in [0.15, 0.2) is 0 Å². The highest BCUT2D eigenvalue weighted by Crippen LogP contribution is 2.24. The summed E-state index contributed by atoms with van der Waals surface area (Å²) in [6, 6.07) is 14.9. The number of benzene rings is 2. The highest BCUT2D eigenvalue weighted by Gasteiger charge is 2.19. The zero-order valence-corrected chi connectivity index (χ0v) is 15.7. The Balaban J connectivity index is 2.08. The van der Waals surface area contributed by atoms with Gasteiger partial charge < -0.3 is 15.4 Å². The predicted molar refractivity (Wildman–Crippen MR) is 102 cm³/mol. The lowest BCUT2D eigenvalue weighted by atomic mass is 9.95. The van der Waals surface area contributed by atoms with Crippen molar-refractivity contribution in [3.63, 3.8) is 0 Å². The molecule has 5 nitrogen and oxygen atoms in total. The van der Waals surface area contributed by atoms with Crippen LogP contribution in [-0.2, 0) is 11.3 Å². The van der Waals surface area contributed by atoms with E-state index in [2.05, 4.69) is 24.5 Å². The molecule has 2 rings (SSSR count). The zero-order chi connectivity index (χ0) is 19.1. The first kappa shape index (κ1) is 19.5. The maximum Gasteiger partial charge on any atom is 0.251 e. The average molecular weight is 354 g/mol. The Morgan fingerprint density at radius 1 is 1.00 bits per heavy atom. The topological polar surface area (TPSA) is 67.4 Å². The third-order valence-electron chi connectivity index (χ3n) is 4.19. The van der Waals surface area contributed by atoms with E-state index in [0.29, 0.717) is 12.1 Å². The third kappa shape index (κ3) is 5.34. The summed E-state index contributed by atoms with van der Waals surface area (Å²) in [7, 11) is 1.63. The van der Waals surface area contributed by atoms with E-state index in [4.69, 9.17) is 4.74 Å². The van der Waals surface area contributed by atoms with Crippen molar-refractivity contribution in [3.05, 3.63) is 65.2 Å². The van der Waals surface area contributed by atoms with Gasteiger partial charge in [-0.2, -0.15) is 0 Å². The van der Waals surface area contributed by atoms with E-state index < -0.39 is 0 Å². The molecule has 0 aromatic heterocycles. The molecular formula is C21H26N2O3. The second-order valence-corrected chi connectivity index (χ2v) is 6.57. The normalized spacial score (nSPS) is 11.7. The molecule has 2 aromatic rings. The fourth-order valence-corrected chi connectivity index (χ4v) is 2.67. The van der Waals surface area contributed by atoms with Crippen molar-refractivity contribution >= 4 is 11.8 Å². The van der Waals surface area contributed by atoms with Crippen molar-refractivity contribution in [1.82, 2.24) is 10.6 Å². The molecule has 0 bridgehead atoms. The van der Waals surface area contributed by atoms with E-state index in [1.54, 1.807) is 19.2 Å². The van der Waals surface area contributed by atoms with Crippen LogP contribution in [-0.4, -0.2) is 18.9 Å². The van der Waals surface area contributed by atoms with Crippen LogP contribution in [0.15, 0.2) is 48.5 Å². The van der Waals surface area contributed by atoms with Gasteiger partial charge in [0.2, 0.25) is 5.91 Å². The molecule has 5 heteroatoms. The van der Waals surface area contributed by atoms with Gasteiger partial charge in [-0.15, -0.1) is 0 Å². The SMILES string of the molecule is COc1ccc([C@@H](NC(=O)c2ccc(CNC(C)=O)cc2)C(C)C)cc1. The van der Waals surface area contributed by atoms with Crippen molar-refractivity contribution in [1.29, 1.82) is 0 Å². The number of carbonyl (C=O) groups excluding carboxylic acids is 2. The fourth-order valence-electron chi connectivity index (χ4n) is 2.67. The number of ether oxygens (including phenoxy) is 1. The van der Waals surface area contributed by atoms with Gasteiger partial charge in [-0.1, -0.05) is 38.1 Å². The van der Waals surface area contributed by atoms with Gasteiger partial charge in [0, 0.05) is 19.0 Å². The maximum atomic E-state index is 12.6. The van der Waals surface area contributed by atoms with Gasteiger partial charge in [-0.05, 0) is 41.3 Å². The first-order chi connectivity index (χ1) is 12.4. The molecule has 0 aliphatic rings. The van der Waals surface area contributed by atoms with Crippen LogP contribution < -0.4 is 15.4 Å². The summed E-state index contributed by atoms with van der Waals surface area (Å²) >= 11 is 0. The molecule has 2 aromatic carbocycles. The quantitative estimate of drug-likeness (QED) is 0.800. The van der Waals surface area contributed by atoms with Crippen LogP contribution in [0.5, 0.6) is 5.75 Å². The largest absolute Gasteiger partial charge is 0.497 e. The van der Waals surface area contributed by atoms with E-state index in [-0.39, 0.29) is 23.8 Å². The Hall–Kier alpha value is -2.82. The highest BCUT2D eigenvalue weighted by atomic mass is 16.5. The number of rotatable bonds is 7. The number of methoxy groups -OCH3 is 1. The second-order valence-electron chi connectivity index (χ2n) is 6.57. The van der Waals surface area contributed by atoms with Crippen molar-refractivity contribution < 1.29 is 14.3 Å². The molecule has 0 spiro atoms. The summed E-state index contributed by atoms with van der Waals surface area (Å²) in [5.41, 5.74) is 2.58. The summed E-state index contributed by atoms with van der Waals surface area (Å²) in [5.74, 6) is 0.834. The molecule has 1 atom stereocenters. The summed E-state index contributed by atoms with van der Waals surface area (Å²) in [5, 5.41) is 5.85. The monoisotopic (exact) mass is 354 g/mol. The molecular weight excluding hydrogens is 328 g/mol. The zero-order valence-electron chi connectivity index (χ0n) is 15.7. The molecule has 2 amide bonds. The maximum absolute atomic E-state index is 12.6. The van der Waals surface area contributed by atoms with Gasteiger partial charge in [-0.3, -0.25) is 9.59 Å². The predicted octanol–water partition coefficient (Wildman–Crippen LogP) is 3.46. The number of carbonyl (C=O) groups is 2. The summed E-state index contributed by atoms with van der Waals surface area (Å²) < 4.78 is 5.19. The van der Waals surface area contributed by atoms with E-state index >= 15 is 0 Å². The van der Waals surface area contributed by atoms with Gasteiger partial charge in [0.05, 0.1) is 13.2 Å². The number of hydrogen-bond donors (Lipinski definition) is 2. The molecule has 0 saturated carbocycles. The molecule has 0 fully saturated rings. The Kier molecular flexibility index (Phi) is 6.78. The smallest absolute Gasteiger partial charge is 0.251 e. The second kappa shape index (κ2) is 9.04. The average Bonchev–Trinajstić information content (AvgIpc) is 2.64. The number of nitrogens with one attached hydrogen (secondary N) is 2. The first-order valence-corrected chi connectivity index (χ1v) is 8.69. The van der Waals surface area contributed by atoms with Gasteiger partial charge >= 0.3 is 0 Å². The standard InChI is InChI=1S/C21H26N2O3/c1-14(2)20(17-9-11-19(26-4)12-10-17)23-21(25)18-7-5-16(6-8-18)13-22-15(3)24/h5-12,14,20H,13H2,1-4H3,(H,22,24)(H,23,25)/t20-/m0/s1. The molecule has 0 heterocycles. The lowest BCUT2D eigenvalue weighted by Crippen LogP contribution is -2.31. The summed E-state index contributed by atoms with van der Waals surface area (Å²) in [6.45, 7) is 6.09. The van der Waals surface area contributed by atoms with Crippen molar-refractivity contribution in [2.24, 2.45) is 5.92 Å². The van der Waals surface area contributed by atoms with Crippen LogP contribution >= 0.6 is 0 Å². The minimum atomic E-state index is -0.120. The number of hydrogen-bond acceptors (Lipinski definition) is 3. The molecule has 0 radical (unpaired) electrons. The molecule has 0 aliphatic heterocycles. The van der Waals surface area contributed by atoms with Gasteiger partial charge in [0.25, 0.3) is 5.91 Å². The molecule has 0 unspecified atom stereocenters. The Morgan fingerprint density at radius 3 is 2.12 bits per heavy atom. The van der Waals surface area contributed by atoms with Crippen LogP contribution in [0, 0.1) is 5.92 Å². The van der Waals surface area contributed by atoms with E-state index in [9.17, 15) is 9.59 Å². The van der Waals surface area contributed by atoms with Crippen LogP contribution in [0.25, 0.3) is 0 Å². The van der Waals surface area contributed by atoms with E-state index in [1.807, 2.05) is 36.4 Å². The molecule has 2 N–H and O–H groups in total. The van der Waals surface area contributed by atoms with Crippen molar-refractivity contribution in [2.45, 2.75) is 33.4 Å². The highest BCUT2D eigenvalue weighted by molar-refractivity contribution is 5.94. The lowest BCUT2D eigenvalue weighted by Gasteiger charge is -2.23. The van der Waals surface area contributed by atoms with Crippen LogP contribution in [0.2, 0.25) is 0 Å². The molecule has 138 valence electrons. The first-order valence-electron chi connectivity index (χ1n) is 8.69. The fraction of sp³-hybridized carbons (Fsp3) is 0.333. The molecule has 0 aliphatic carbocycles. The van der Waals surface area contributed by atoms with E-state index in [0.717, 1.165) is 16.9 Å². The Labute approximate surface area is 154 Å². The summed E-state index contributed by atoms with van der Waals surface area (Å²) in [6.07, 6.45) is 0. The summed E-state index contributed by atoms with van der Waals surface area (Å²) in [4.78, 5) is 23.6. The van der Waals surface area contributed by atoms with Crippen LogP contribution in [0.3, 0.4) is 0 Å². The Bertz CT molecular complexity index is 737. The third-order valence-corrected chi connectivity index (χ3v) is 4.19. The van der Waals surface area contributed by atoms with Crippen molar-refractivity contribution in [2.75, 3.05) is 7.11 Å². The van der Waals surface area contributed by atoms with Gasteiger partial charge in [0.1, 0.15) is 5.75 Å². The lowest BCUT2D eigenvalue weighted by molar-refractivity contribution is -0.119. The number of amides is 2. The molecule has 0 saturated heterocycles. The Morgan fingerprint density at radius 2 is 1.62 bits per heavy atom. The van der Waals surface area contributed by atoms with E-state index in [1.165, 1.54) is 6.92 Å². The minimum absolute atomic E-state index is 0.0777. The van der Waals surface area contributed by atoms with Crippen LogP contribution in [0.4, 0.5) is 0 Å². The van der Waals surface area contributed by atoms with Crippen molar-refractivity contribution in [3.8, 4) is 5.75 Å². The van der Waals surface area contributed by atoms with Crippen LogP contribution in [0.1, 0.15) is 48.3 Å². The van der Waals surface area contributed by atoms with Gasteiger partial charge in [-0.25, -0.2) is 0 Å². The minimum Gasteiger partial charge on any atom is -0.497 e.